The summed E-state index contributed by atoms with van der Waals surface area (Å²) in [5.41, 5.74) is 2.91. The quantitative estimate of drug-likeness (QED) is 0.840. The van der Waals surface area contributed by atoms with Gasteiger partial charge in [0, 0.05) is 11.5 Å². The molecule has 0 spiro atoms. The Balaban J connectivity index is 1.86. The Hall–Kier alpha value is -0.820. The van der Waals surface area contributed by atoms with E-state index in [1.807, 2.05) is 0 Å². The molecule has 1 heteroatoms. The van der Waals surface area contributed by atoms with Crippen LogP contribution in [0.1, 0.15) is 51.2 Å². The molecule has 1 fully saturated rings. The van der Waals surface area contributed by atoms with Crippen LogP contribution in [0.3, 0.4) is 0 Å². The van der Waals surface area contributed by atoms with Crippen molar-refractivity contribution in [2.45, 2.75) is 59.0 Å². The van der Waals surface area contributed by atoms with Crippen LogP contribution in [0.2, 0.25) is 0 Å². The molecule has 0 bridgehead atoms. The minimum atomic E-state index is 0.833. The predicted octanol–water partition coefficient (Wildman–Crippen LogP) is 3.14. The molecule has 0 aliphatic heterocycles. The highest BCUT2D eigenvalue weighted by molar-refractivity contribution is 5.21. The summed E-state index contributed by atoms with van der Waals surface area (Å²) in [4.78, 5) is 0. The van der Waals surface area contributed by atoms with E-state index in [4.69, 9.17) is 0 Å². The van der Waals surface area contributed by atoms with Crippen molar-refractivity contribution in [3.05, 3.63) is 35.4 Å². The Kier molecular flexibility index (Phi) is 4.82. The minimum Gasteiger partial charge on any atom is -0.340 e. The first-order valence-corrected chi connectivity index (χ1v) is 7.62. The second-order valence-corrected chi connectivity index (χ2v) is 6.04. The predicted molar refractivity (Wildman–Crippen MR) is 77.4 cm³/mol. The lowest BCUT2D eigenvalue weighted by molar-refractivity contribution is -0.713. The summed E-state index contributed by atoms with van der Waals surface area (Å²) in [6.07, 6.45) is 5.39. The number of aryl methyl sites for hydroxylation is 1. The van der Waals surface area contributed by atoms with Crippen LogP contribution in [-0.4, -0.2) is 6.04 Å². The molecule has 1 nitrogen and oxygen atoms in total. The van der Waals surface area contributed by atoms with Crippen LogP contribution in [0.25, 0.3) is 0 Å². The molecular formula is C17H28N+. The molecule has 0 saturated heterocycles. The first kappa shape index (κ1) is 13.6. The lowest BCUT2D eigenvalue weighted by Gasteiger charge is -2.32. The topological polar surface area (TPSA) is 16.6 Å². The van der Waals surface area contributed by atoms with Gasteiger partial charge in [0.05, 0.1) is 6.04 Å². The standard InChI is InChI=1S/C17H27N/c1-4-15-8-10-16(11-9-15)12-18-17-7-5-6-13(2)14(17)3/h8-11,13-14,17-18H,4-7,12H2,1-3H3/p+1/t13-,14+,17+/m1/s1. The van der Waals surface area contributed by atoms with E-state index >= 15 is 0 Å². The fourth-order valence-electron chi connectivity index (χ4n) is 3.15. The number of benzene rings is 1. The fraction of sp³-hybridized carbons (Fsp3) is 0.647. The zero-order chi connectivity index (χ0) is 13.0. The Bertz CT molecular complexity index is 354. The Morgan fingerprint density at radius 3 is 2.39 bits per heavy atom. The molecule has 2 rings (SSSR count). The first-order valence-electron chi connectivity index (χ1n) is 7.62. The van der Waals surface area contributed by atoms with Gasteiger partial charge >= 0.3 is 0 Å². The first-order chi connectivity index (χ1) is 8.70. The fourth-order valence-corrected chi connectivity index (χ4v) is 3.15. The van der Waals surface area contributed by atoms with Crippen molar-refractivity contribution in [2.75, 3.05) is 0 Å². The molecule has 0 radical (unpaired) electrons. The van der Waals surface area contributed by atoms with Crippen molar-refractivity contribution in [1.29, 1.82) is 0 Å². The number of rotatable bonds is 4. The maximum absolute atomic E-state index is 2.57. The average Bonchev–Trinajstić information content (AvgIpc) is 2.41. The molecule has 18 heavy (non-hydrogen) atoms. The maximum Gasteiger partial charge on any atom is 0.101 e. The lowest BCUT2D eigenvalue weighted by atomic mass is 9.78. The van der Waals surface area contributed by atoms with E-state index in [0.717, 1.165) is 30.8 Å². The highest BCUT2D eigenvalue weighted by Gasteiger charge is 2.29. The van der Waals surface area contributed by atoms with Gasteiger partial charge in [0.25, 0.3) is 0 Å². The van der Waals surface area contributed by atoms with E-state index < -0.39 is 0 Å². The van der Waals surface area contributed by atoms with E-state index in [0.29, 0.717) is 0 Å². The van der Waals surface area contributed by atoms with E-state index in [-0.39, 0.29) is 0 Å². The van der Waals surface area contributed by atoms with Gasteiger partial charge in [-0.1, -0.05) is 45.0 Å². The van der Waals surface area contributed by atoms with Crippen molar-refractivity contribution < 1.29 is 5.32 Å². The van der Waals surface area contributed by atoms with Crippen LogP contribution >= 0.6 is 0 Å². The van der Waals surface area contributed by atoms with Crippen molar-refractivity contribution >= 4 is 0 Å². The normalized spacial score (nSPS) is 28.3. The van der Waals surface area contributed by atoms with Gasteiger partial charge in [0.15, 0.2) is 0 Å². The van der Waals surface area contributed by atoms with Crippen LogP contribution in [0, 0.1) is 11.8 Å². The van der Waals surface area contributed by atoms with Crippen LogP contribution in [0.4, 0.5) is 0 Å². The molecule has 3 atom stereocenters. The molecule has 1 aliphatic carbocycles. The minimum absolute atomic E-state index is 0.833. The van der Waals surface area contributed by atoms with E-state index in [2.05, 4.69) is 50.4 Å². The summed E-state index contributed by atoms with van der Waals surface area (Å²) in [6, 6.07) is 9.98. The largest absolute Gasteiger partial charge is 0.340 e. The second-order valence-electron chi connectivity index (χ2n) is 6.04. The summed E-state index contributed by atoms with van der Waals surface area (Å²) in [7, 11) is 0. The number of hydrogen-bond donors (Lipinski definition) is 1. The van der Waals surface area contributed by atoms with Gasteiger partial charge in [0.2, 0.25) is 0 Å². The molecule has 1 aromatic rings. The lowest BCUT2D eigenvalue weighted by Crippen LogP contribution is -2.90. The molecule has 100 valence electrons. The molecule has 1 aromatic carbocycles. The number of hydrogen-bond acceptors (Lipinski definition) is 0. The molecular weight excluding hydrogens is 218 g/mol. The average molecular weight is 246 g/mol. The van der Waals surface area contributed by atoms with Crippen molar-refractivity contribution in [1.82, 2.24) is 0 Å². The van der Waals surface area contributed by atoms with E-state index in [9.17, 15) is 0 Å². The van der Waals surface area contributed by atoms with Crippen molar-refractivity contribution in [3.63, 3.8) is 0 Å². The summed E-state index contributed by atoms with van der Waals surface area (Å²) in [5.74, 6) is 1.77. The van der Waals surface area contributed by atoms with E-state index in [1.54, 1.807) is 0 Å². The summed E-state index contributed by atoms with van der Waals surface area (Å²) in [6.45, 7) is 8.21. The Morgan fingerprint density at radius 2 is 1.72 bits per heavy atom. The van der Waals surface area contributed by atoms with Gasteiger partial charge in [0.1, 0.15) is 6.54 Å². The van der Waals surface area contributed by atoms with Gasteiger partial charge in [-0.2, -0.15) is 0 Å². The highest BCUT2D eigenvalue weighted by atomic mass is 14.9. The highest BCUT2D eigenvalue weighted by Crippen LogP contribution is 2.27. The maximum atomic E-state index is 2.57. The Labute approximate surface area is 112 Å². The molecule has 2 N–H and O–H groups in total. The zero-order valence-electron chi connectivity index (χ0n) is 12.2. The van der Waals surface area contributed by atoms with Crippen LogP contribution in [0.5, 0.6) is 0 Å². The SMILES string of the molecule is CCc1ccc(C[NH2+][C@H]2CCC[C@@H](C)[C@@H]2C)cc1. The third kappa shape index (κ3) is 3.35. The molecule has 0 aromatic heterocycles. The van der Waals surface area contributed by atoms with E-state index in [1.165, 1.54) is 30.4 Å². The monoisotopic (exact) mass is 246 g/mol. The van der Waals surface area contributed by atoms with Gasteiger partial charge in [-0.25, -0.2) is 0 Å². The molecule has 1 aliphatic rings. The Morgan fingerprint density at radius 1 is 1.06 bits per heavy atom. The molecule has 0 unspecified atom stereocenters. The van der Waals surface area contributed by atoms with Crippen molar-refractivity contribution in [3.8, 4) is 0 Å². The van der Waals surface area contributed by atoms with Gasteiger partial charge in [-0.15, -0.1) is 0 Å². The number of nitrogens with two attached hydrogens (primary N) is 1. The van der Waals surface area contributed by atoms with Gasteiger partial charge in [-0.3, -0.25) is 0 Å². The van der Waals surface area contributed by atoms with Crippen LogP contribution in [-0.2, 0) is 13.0 Å². The smallest absolute Gasteiger partial charge is 0.101 e. The third-order valence-electron chi connectivity index (χ3n) is 4.86. The number of quaternary nitrogens is 1. The third-order valence-corrected chi connectivity index (χ3v) is 4.86. The summed E-state index contributed by atoms with van der Waals surface area (Å²) in [5, 5.41) is 2.57. The van der Waals surface area contributed by atoms with Crippen LogP contribution < -0.4 is 5.32 Å². The van der Waals surface area contributed by atoms with Gasteiger partial charge < -0.3 is 5.32 Å². The molecule has 1 saturated carbocycles. The molecule has 0 heterocycles. The van der Waals surface area contributed by atoms with Crippen molar-refractivity contribution in [2.24, 2.45) is 11.8 Å². The van der Waals surface area contributed by atoms with Crippen LogP contribution in [0.15, 0.2) is 24.3 Å². The second kappa shape index (κ2) is 6.38. The van der Waals surface area contributed by atoms with Gasteiger partial charge in [-0.05, 0) is 37.2 Å². The summed E-state index contributed by atoms with van der Waals surface area (Å²) >= 11 is 0. The zero-order valence-corrected chi connectivity index (χ0v) is 12.2. The summed E-state index contributed by atoms with van der Waals surface area (Å²) < 4.78 is 0. The molecule has 0 amide bonds.